The Hall–Kier alpha value is -2.19. The minimum Gasteiger partial charge on any atom is -0.469 e. The van der Waals surface area contributed by atoms with Gasteiger partial charge < -0.3 is 28.4 Å². The normalized spacial score (nSPS) is 30.4. The Morgan fingerprint density at radius 2 is 1.67 bits per heavy atom. The van der Waals surface area contributed by atoms with Crippen LogP contribution in [0.2, 0.25) is 0 Å². The zero-order chi connectivity index (χ0) is 33.0. The van der Waals surface area contributed by atoms with Gasteiger partial charge in [0.1, 0.15) is 5.76 Å². The first kappa shape index (κ1) is 35.6. The molecule has 3 aliphatic carbocycles. The highest BCUT2D eigenvalue weighted by atomic mass is 16.7. The van der Waals surface area contributed by atoms with Gasteiger partial charge in [-0.3, -0.25) is 4.79 Å². The van der Waals surface area contributed by atoms with E-state index in [1.165, 1.54) is 50.4 Å². The zero-order valence-electron chi connectivity index (χ0n) is 29.4. The van der Waals surface area contributed by atoms with Crippen molar-refractivity contribution >= 4 is 5.97 Å². The zero-order valence-corrected chi connectivity index (χ0v) is 29.4. The summed E-state index contributed by atoms with van der Waals surface area (Å²) in [5.74, 6) is 2.25. The quantitative estimate of drug-likeness (QED) is 0.0756. The molecule has 5 aliphatic rings. The molecular formula is C41H60O7. The van der Waals surface area contributed by atoms with Gasteiger partial charge in [0.15, 0.2) is 12.6 Å². The molecular weight excluding hydrogens is 604 g/mol. The van der Waals surface area contributed by atoms with E-state index in [2.05, 4.69) is 24.3 Å². The lowest BCUT2D eigenvalue weighted by Crippen LogP contribution is -2.34. The Morgan fingerprint density at radius 3 is 2.40 bits per heavy atom. The van der Waals surface area contributed by atoms with Crippen molar-refractivity contribution in [2.75, 3.05) is 26.9 Å². The fourth-order valence-corrected chi connectivity index (χ4v) is 8.86. The molecule has 266 valence electrons. The summed E-state index contributed by atoms with van der Waals surface area (Å²) >= 11 is 0. The lowest BCUT2D eigenvalue weighted by molar-refractivity contribution is -0.201. The number of carbonyl (C=O) groups is 1. The van der Waals surface area contributed by atoms with Gasteiger partial charge in [0.2, 0.25) is 0 Å². The van der Waals surface area contributed by atoms with Crippen LogP contribution in [0.1, 0.15) is 115 Å². The predicted octanol–water partition coefficient (Wildman–Crippen LogP) is 9.05. The van der Waals surface area contributed by atoms with E-state index >= 15 is 0 Å². The van der Waals surface area contributed by atoms with Crippen molar-refractivity contribution in [1.82, 2.24) is 0 Å². The largest absolute Gasteiger partial charge is 0.469 e. The highest BCUT2D eigenvalue weighted by molar-refractivity contribution is 5.76. The molecule has 4 fully saturated rings. The summed E-state index contributed by atoms with van der Waals surface area (Å²) in [6.07, 6.45) is 23.0. The average molecular weight is 665 g/mol. The van der Waals surface area contributed by atoms with Crippen LogP contribution >= 0.6 is 0 Å². The summed E-state index contributed by atoms with van der Waals surface area (Å²) in [7, 11) is 1.52. The second kappa shape index (κ2) is 18.7. The highest BCUT2D eigenvalue weighted by Crippen LogP contribution is 2.53. The number of unbranched alkanes of at least 4 members (excludes halogenated alkanes) is 1. The van der Waals surface area contributed by atoms with E-state index in [1.54, 1.807) is 0 Å². The van der Waals surface area contributed by atoms with Crippen molar-refractivity contribution in [3.05, 3.63) is 59.4 Å². The maximum atomic E-state index is 13.2. The van der Waals surface area contributed by atoms with Crippen molar-refractivity contribution < 1.29 is 33.2 Å². The fraction of sp³-hybridized carbons (Fsp3) is 0.732. The van der Waals surface area contributed by atoms with Gasteiger partial charge in [-0.25, -0.2) is 0 Å². The molecule has 2 saturated heterocycles. The van der Waals surface area contributed by atoms with Crippen LogP contribution in [0.5, 0.6) is 0 Å². The summed E-state index contributed by atoms with van der Waals surface area (Å²) in [4.78, 5) is 13.2. The summed E-state index contributed by atoms with van der Waals surface area (Å²) in [5, 5.41) is 0. The van der Waals surface area contributed by atoms with E-state index in [0.717, 1.165) is 102 Å². The maximum absolute atomic E-state index is 13.2. The van der Waals surface area contributed by atoms with Crippen molar-refractivity contribution in [2.45, 2.75) is 134 Å². The molecule has 0 radical (unpaired) electrons. The number of benzene rings is 1. The Balaban J connectivity index is 1.15. The standard InChI is InChI=1S/C41H60O7/c1-43-41(42)34(18-8-11-23-44-29-31-16-6-3-7-17-31)32-26-33-28-37(48-39-20-10-13-25-46-39)40(35(33)27-32)36(47-38-19-9-12-24-45-38)22-21-30-14-4-2-5-15-30/h3,6-7,16-17,22,26,30,33-35,37-40H,2,4-5,8-15,18-21,23-25,27-29H2,1H3/t33?,34?,35?,37-,38?,39?,40+/m0/s1. The van der Waals surface area contributed by atoms with Gasteiger partial charge in [-0.2, -0.15) is 0 Å². The van der Waals surface area contributed by atoms with E-state index in [9.17, 15) is 4.79 Å². The van der Waals surface area contributed by atoms with Crippen LogP contribution in [-0.2, 0) is 39.8 Å². The molecule has 7 nitrogen and oxygen atoms in total. The summed E-state index contributed by atoms with van der Waals surface area (Å²) in [6, 6.07) is 10.3. The van der Waals surface area contributed by atoms with Gasteiger partial charge in [-0.15, -0.1) is 0 Å². The Labute approximate surface area is 289 Å². The molecule has 0 spiro atoms. The van der Waals surface area contributed by atoms with Gasteiger partial charge in [0.25, 0.3) is 0 Å². The molecule has 6 rings (SSSR count). The van der Waals surface area contributed by atoms with E-state index in [4.69, 9.17) is 28.4 Å². The number of fused-ring (bicyclic) bond motifs is 1. The number of carbonyl (C=O) groups excluding carboxylic acids is 1. The molecule has 5 unspecified atom stereocenters. The number of hydrogen-bond donors (Lipinski definition) is 0. The Morgan fingerprint density at radius 1 is 0.917 bits per heavy atom. The van der Waals surface area contributed by atoms with Gasteiger partial charge >= 0.3 is 5.97 Å². The van der Waals surface area contributed by atoms with Crippen molar-refractivity contribution in [2.24, 2.45) is 29.6 Å². The second-order valence-corrected chi connectivity index (χ2v) is 14.9. The average Bonchev–Trinajstić information content (AvgIpc) is 3.68. The number of hydrogen-bond acceptors (Lipinski definition) is 7. The SMILES string of the molecule is COC(=O)C(CCCCOCc1ccccc1)C1=CC2C[C@H](OC3CCCCO3)[C@@H](C(=CCC3CCCCC3)OC3CCCCO3)C2C1. The van der Waals surface area contributed by atoms with E-state index < -0.39 is 0 Å². The molecule has 0 aromatic heterocycles. The number of esters is 1. The van der Waals surface area contributed by atoms with Crippen molar-refractivity contribution in [3.63, 3.8) is 0 Å². The number of rotatable bonds is 16. The molecule has 7 atom stereocenters. The highest BCUT2D eigenvalue weighted by Gasteiger charge is 2.50. The summed E-state index contributed by atoms with van der Waals surface area (Å²) < 4.78 is 37.3. The molecule has 0 N–H and O–H groups in total. The Kier molecular flexibility index (Phi) is 13.9. The van der Waals surface area contributed by atoms with Crippen LogP contribution in [0, 0.1) is 29.6 Å². The molecule has 2 saturated carbocycles. The lowest BCUT2D eigenvalue weighted by atomic mass is 9.83. The van der Waals surface area contributed by atoms with Crippen LogP contribution < -0.4 is 0 Å². The van der Waals surface area contributed by atoms with Gasteiger partial charge in [0, 0.05) is 25.6 Å². The molecule has 0 bridgehead atoms. The van der Waals surface area contributed by atoms with E-state index in [-0.39, 0.29) is 36.5 Å². The third kappa shape index (κ3) is 9.95. The topological polar surface area (TPSA) is 72.5 Å². The van der Waals surface area contributed by atoms with Gasteiger partial charge in [-0.1, -0.05) is 74.1 Å². The molecule has 2 aliphatic heterocycles. The smallest absolute Gasteiger partial charge is 0.312 e. The molecule has 1 aromatic carbocycles. The van der Waals surface area contributed by atoms with Crippen molar-refractivity contribution in [3.8, 4) is 0 Å². The summed E-state index contributed by atoms with van der Waals surface area (Å²) in [6.45, 7) is 2.84. The number of methoxy groups -OCH3 is 1. The third-order valence-corrected chi connectivity index (χ3v) is 11.5. The third-order valence-electron chi connectivity index (χ3n) is 11.5. The molecule has 2 heterocycles. The lowest BCUT2D eigenvalue weighted by Gasteiger charge is -2.34. The monoisotopic (exact) mass is 664 g/mol. The Bertz CT molecular complexity index is 1160. The minimum atomic E-state index is -0.214. The van der Waals surface area contributed by atoms with Crippen LogP contribution in [0.3, 0.4) is 0 Å². The second-order valence-electron chi connectivity index (χ2n) is 14.9. The number of ether oxygens (including phenoxy) is 6. The predicted molar refractivity (Wildman–Crippen MR) is 186 cm³/mol. The molecule has 7 heteroatoms. The first-order chi connectivity index (χ1) is 23.7. The fourth-order valence-electron chi connectivity index (χ4n) is 8.86. The molecule has 0 amide bonds. The number of allylic oxidation sites excluding steroid dienone is 2. The first-order valence-corrected chi connectivity index (χ1v) is 19.3. The molecule has 1 aromatic rings. The van der Waals surface area contributed by atoms with Crippen LogP contribution in [0.25, 0.3) is 0 Å². The molecule has 48 heavy (non-hydrogen) atoms. The van der Waals surface area contributed by atoms with Crippen LogP contribution in [-0.4, -0.2) is 51.6 Å². The van der Waals surface area contributed by atoms with E-state index in [1.807, 2.05) is 18.2 Å². The van der Waals surface area contributed by atoms with Gasteiger partial charge in [-0.05, 0) is 100 Å². The first-order valence-electron chi connectivity index (χ1n) is 19.3. The van der Waals surface area contributed by atoms with Crippen LogP contribution in [0.15, 0.2) is 53.8 Å². The van der Waals surface area contributed by atoms with Crippen molar-refractivity contribution in [1.29, 1.82) is 0 Å². The van der Waals surface area contributed by atoms with Gasteiger partial charge in [0.05, 0.1) is 32.3 Å². The van der Waals surface area contributed by atoms with Crippen LogP contribution in [0.4, 0.5) is 0 Å². The van der Waals surface area contributed by atoms with E-state index in [0.29, 0.717) is 25.0 Å². The summed E-state index contributed by atoms with van der Waals surface area (Å²) in [5.41, 5.74) is 2.42. The minimum absolute atomic E-state index is 0.0282. The maximum Gasteiger partial charge on any atom is 0.312 e.